The highest BCUT2D eigenvalue weighted by Gasteiger charge is 2.20. The van der Waals surface area contributed by atoms with Gasteiger partial charge >= 0.3 is 5.97 Å². The quantitative estimate of drug-likeness (QED) is 0.829. The third-order valence-corrected chi connectivity index (χ3v) is 4.16. The SMILES string of the molecule is COC(=O)c1sc2ccc(OC)cc2c1N[C@@H](C)CN. The van der Waals surface area contributed by atoms with Gasteiger partial charge in [-0.3, -0.25) is 0 Å². The molecule has 3 N–H and O–H groups in total. The Balaban J connectivity index is 2.59. The fraction of sp³-hybridized carbons (Fsp3) is 0.357. The third kappa shape index (κ3) is 2.71. The fourth-order valence-electron chi connectivity index (χ4n) is 1.89. The Bertz CT molecular complexity index is 624. The smallest absolute Gasteiger partial charge is 0.350 e. The van der Waals surface area contributed by atoms with E-state index in [1.54, 1.807) is 7.11 Å². The Morgan fingerprint density at radius 1 is 1.45 bits per heavy atom. The number of hydrogen-bond acceptors (Lipinski definition) is 6. The molecule has 1 atom stereocenters. The molecule has 0 unspecified atom stereocenters. The number of rotatable bonds is 5. The van der Waals surface area contributed by atoms with Crippen molar-refractivity contribution < 1.29 is 14.3 Å². The van der Waals surface area contributed by atoms with Gasteiger partial charge in [-0.25, -0.2) is 4.79 Å². The van der Waals surface area contributed by atoms with Crippen molar-refractivity contribution in [2.45, 2.75) is 13.0 Å². The molecule has 1 heterocycles. The highest BCUT2D eigenvalue weighted by Crippen LogP contribution is 2.38. The molecule has 6 heteroatoms. The number of methoxy groups -OCH3 is 2. The molecule has 0 aliphatic rings. The molecule has 0 aliphatic carbocycles. The van der Waals surface area contributed by atoms with E-state index in [9.17, 15) is 4.79 Å². The molecule has 1 aromatic heterocycles. The second kappa shape index (κ2) is 6.11. The van der Waals surface area contributed by atoms with Gasteiger partial charge in [0.15, 0.2) is 0 Å². The molecule has 2 aromatic rings. The summed E-state index contributed by atoms with van der Waals surface area (Å²) >= 11 is 1.39. The summed E-state index contributed by atoms with van der Waals surface area (Å²) < 4.78 is 11.1. The number of carbonyl (C=O) groups is 1. The summed E-state index contributed by atoms with van der Waals surface area (Å²) in [5.41, 5.74) is 6.41. The summed E-state index contributed by atoms with van der Waals surface area (Å²) in [6.07, 6.45) is 0. The average molecular weight is 294 g/mol. The second-order valence-corrected chi connectivity index (χ2v) is 5.49. The van der Waals surface area contributed by atoms with E-state index >= 15 is 0 Å². The third-order valence-electron chi connectivity index (χ3n) is 3.01. The van der Waals surface area contributed by atoms with Crippen molar-refractivity contribution in [3.05, 3.63) is 23.1 Å². The van der Waals surface area contributed by atoms with Crippen molar-refractivity contribution in [1.82, 2.24) is 0 Å². The Hall–Kier alpha value is -1.79. The molecule has 0 spiro atoms. The van der Waals surface area contributed by atoms with E-state index in [-0.39, 0.29) is 12.0 Å². The molecule has 0 saturated carbocycles. The molecule has 0 amide bonds. The second-order valence-electron chi connectivity index (χ2n) is 4.44. The van der Waals surface area contributed by atoms with Gasteiger partial charge in [-0.2, -0.15) is 0 Å². The van der Waals surface area contributed by atoms with E-state index in [1.165, 1.54) is 18.4 Å². The maximum absolute atomic E-state index is 11.9. The summed E-state index contributed by atoms with van der Waals surface area (Å²) in [5.74, 6) is 0.395. The molecule has 0 bridgehead atoms. The predicted molar refractivity (Wildman–Crippen MR) is 81.9 cm³/mol. The van der Waals surface area contributed by atoms with Crippen molar-refractivity contribution in [2.24, 2.45) is 5.73 Å². The van der Waals surface area contributed by atoms with Gasteiger partial charge in [0.05, 0.1) is 19.9 Å². The van der Waals surface area contributed by atoms with Crippen LogP contribution in [-0.4, -0.2) is 32.8 Å². The zero-order chi connectivity index (χ0) is 14.7. The first-order valence-corrected chi connectivity index (χ1v) is 7.07. The standard InChI is InChI=1S/C14H18N2O3S/c1-8(7-15)16-12-10-6-9(18-2)4-5-11(10)20-13(12)14(17)19-3/h4-6,8,16H,7,15H2,1-3H3/t8-/m0/s1. The summed E-state index contributed by atoms with van der Waals surface area (Å²) in [7, 11) is 2.99. The van der Waals surface area contributed by atoms with Gasteiger partial charge < -0.3 is 20.5 Å². The largest absolute Gasteiger partial charge is 0.497 e. The lowest BCUT2D eigenvalue weighted by Gasteiger charge is -2.13. The van der Waals surface area contributed by atoms with E-state index in [4.69, 9.17) is 15.2 Å². The van der Waals surface area contributed by atoms with Crippen LogP contribution in [0.15, 0.2) is 18.2 Å². The number of benzene rings is 1. The molecule has 20 heavy (non-hydrogen) atoms. The lowest BCUT2D eigenvalue weighted by molar-refractivity contribution is 0.0607. The topological polar surface area (TPSA) is 73.6 Å². The number of fused-ring (bicyclic) bond motifs is 1. The van der Waals surface area contributed by atoms with Crippen LogP contribution in [0.1, 0.15) is 16.6 Å². The Morgan fingerprint density at radius 2 is 2.20 bits per heavy atom. The van der Waals surface area contributed by atoms with Crippen LogP contribution in [-0.2, 0) is 4.74 Å². The number of thiophene rings is 1. The number of hydrogen-bond donors (Lipinski definition) is 2. The van der Waals surface area contributed by atoms with E-state index in [2.05, 4.69) is 5.32 Å². The predicted octanol–water partition coefficient (Wildman–Crippen LogP) is 2.46. The van der Waals surface area contributed by atoms with Crippen molar-refractivity contribution in [1.29, 1.82) is 0 Å². The minimum Gasteiger partial charge on any atom is -0.497 e. The maximum Gasteiger partial charge on any atom is 0.350 e. The monoisotopic (exact) mass is 294 g/mol. The molecule has 2 rings (SSSR count). The Morgan fingerprint density at radius 3 is 2.80 bits per heavy atom. The normalized spacial score (nSPS) is 12.2. The lowest BCUT2D eigenvalue weighted by atomic mass is 10.2. The van der Waals surface area contributed by atoms with Gasteiger partial charge in [-0.1, -0.05) is 0 Å². The van der Waals surface area contributed by atoms with Crippen LogP contribution in [0.25, 0.3) is 10.1 Å². The van der Waals surface area contributed by atoms with Crippen LogP contribution in [0.2, 0.25) is 0 Å². The van der Waals surface area contributed by atoms with Crippen molar-refractivity contribution in [2.75, 3.05) is 26.1 Å². The zero-order valence-electron chi connectivity index (χ0n) is 11.7. The first-order valence-electron chi connectivity index (χ1n) is 6.26. The van der Waals surface area contributed by atoms with Gasteiger partial charge in [-0.05, 0) is 25.1 Å². The maximum atomic E-state index is 11.9. The molecule has 0 aliphatic heterocycles. The number of ether oxygens (including phenoxy) is 2. The first kappa shape index (κ1) is 14.6. The van der Waals surface area contributed by atoms with Crippen molar-refractivity contribution in [3.8, 4) is 5.75 Å². The van der Waals surface area contributed by atoms with Gasteiger partial charge in [0.1, 0.15) is 10.6 Å². The lowest BCUT2D eigenvalue weighted by Crippen LogP contribution is -2.25. The molecule has 1 aromatic carbocycles. The van der Waals surface area contributed by atoms with Crippen LogP contribution in [0.5, 0.6) is 5.75 Å². The zero-order valence-corrected chi connectivity index (χ0v) is 12.5. The number of nitrogens with one attached hydrogen (secondary N) is 1. The van der Waals surface area contributed by atoms with Gasteiger partial charge in [0.2, 0.25) is 0 Å². The van der Waals surface area contributed by atoms with Gasteiger partial charge in [-0.15, -0.1) is 11.3 Å². The number of nitrogens with two attached hydrogens (primary N) is 1. The average Bonchev–Trinajstić information content (AvgIpc) is 2.84. The summed E-state index contributed by atoms with van der Waals surface area (Å²) in [6, 6.07) is 5.77. The molecular weight excluding hydrogens is 276 g/mol. The van der Waals surface area contributed by atoms with Gasteiger partial charge in [0.25, 0.3) is 0 Å². The van der Waals surface area contributed by atoms with Gasteiger partial charge in [0, 0.05) is 22.7 Å². The van der Waals surface area contributed by atoms with Crippen molar-refractivity contribution >= 4 is 33.1 Å². The van der Waals surface area contributed by atoms with Crippen LogP contribution in [0, 0.1) is 0 Å². The number of carbonyl (C=O) groups excluding carboxylic acids is 1. The molecule has 108 valence electrons. The fourth-order valence-corrected chi connectivity index (χ4v) is 2.95. The first-order chi connectivity index (χ1) is 9.60. The summed E-state index contributed by atoms with van der Waals surface area (Å²) in [4.78, 5) is 12.5. The van der Waals surface area contributed by atoms with Crippen molar-refractivity contribution in [3.63, 3.8) is 0 Å². The van der Waals surface area contributed by atoms with E-state index in [1.807, 2.05) is 25.1 Å². The Kier molecular flexibility index (Phi) is 4.46. The highest BCUT2D eigenvalue weighted by molar-refractivity contribution is 7.21. The van der Waals surface area contributed by atoms with Crippen LogP contribution >= 0.6 is 11.3 Å². The van der Waals surface area contributed by atoms with Crippen LogP contribution in [0.4, 0.5) is 5.69 Å². The molecule has 5 nitrogen and oxygen atoms in total. The molecular formula is C14H18N2O3S. The van der Waals surface area contributed by atoms with E-state index < -0.39 is 0 Å². The Labute approximate surface area is 121 Å². The number of esters is 1. The highest BCUT2D eigenvalue weighted by atomic mass is 32.1. The van der Waals surface area contributed by atoms with Crippen LogP contribution < -0.4 is 15.8 Å². The van der Waals surface area contributed by atoms with E-state index in [0.717, 1.165) is 21.5 Å². The van der Waals surface area contributed by atoms with Crippen LogP contribution in [0.3, 0.4) is 0 Å². The molecule has 0 radical (unpaired) electrons. The molecule has 0 saturated heterocycles. The number of anilines is 1. The van der Waals surface area contributed by atoms with E-state index in [0.29, 0.717) is 11.4 Å². The minimum absolute atomic E-state index is 0.0578. The molecule has 0 fully saturated rings. The summed E-state index contributed by atoms with van der Waals surface area (Å²) in [6.45, 7) is 2.44. The minimum atomic E-state index is -0.350. The summed E-state index contributed by atoms with van der Waals surface area (Å²) in [5, 5.41) is 4.22.